The van der Waals surface area contributed by atoms with E-state index >= 15 is 0 Å². The molecule has 3 rings (SSSR count). The summed E-state index contributed by atoms with van der Waals surface area (Å²) in [7, 11) is 0. The third-order valence-corrected chi connectivity index (χ3v) is 3.60. The highest BCUT2D eigenvalue weighted by molar-refractivity contribution is 5.78. The van der Waals surface area contributed by atoms with Gasteiger partial charge in [0, 0.05) is 18.7 Å². The first kappa shape index (κ1) is 13.8. The number of amides is 1. The molecule has 1 saturated heterocycles. The Kier molecular flexibility index (Phi) is 4.01. The lowest BCUT2D eigenvalue weighted by Gasteiger charge is -2.26. The number of nitrogens with zero attached hydrogens (tertiary/aromatic N) is 2. The van der Waals surface area contributed by atoms with E-state index in [0.29, 0.717) is 43.6 Å². The van der Waals surface area contributed by atoms with Gasteiger partial charge in [-0.1, -0.05) is 18.2 Å². The average molecular weight is 286 g/mol. The van der Waals surface area contributed by atoms with E-state index < -0.39 is 0 Å². The lowest BCUT2D eigenvalue weighted by atomic mass is 10.2. The van der Waals surface area contributed by atoms with E-state index in [0.717, 1.165) is 5.56 Å². The van der Waals surface area contributed by atoms with Crippen LogP contribution < -0.4 is 0 Å². The van der Waals surface area contributed by atoms with Crippen LogP contribution in [0.15, 0.2) is 34.7 Å². The summed E-state index contributed by atoms with van der Waals surface area (Å²) in [4.78, 5) is 18.5. The largest absolute Gasteiger partial charge is 0.441 e. The Morgan fingerprint density at radius 2 is 1.95 bits per heavy atom. The van der Waals surface area contributed by atoms with Gasteiger partial charge in [-0.15, -0.1) is 0 Å². The predicted molar refractivity (Wildman–Crippen MR) is 77.8 cm³/mol. The van der Waals surface area contributed by atoms with Gasteiger partial charge in [-0.2, -0.15) is 0 Å². The fraction of sp³-hybridized carbons (Fsp3) is 0.375. The molecule has 1 aromatic carbocycles. The molecule has 21 heavy (non-hydrogen) atoms. The third kappa shape index (κ3) is 3.13. The minimum absolute atomic E-state index is 0.0781. The Hall–Kier alpha value is -2.14. The number of ether oxygens (including phenoxy) is 1. The molecule has 1 aromatic heterocycles. The number of oxazole rings is 1. The number of aromatic nitrogens is 1. The first-order chi connectivity index (χ1) is 10.2. The maximum absolute atomic E-state index is 12.3. The molecule has 1 aliphatic rings. The fourth-order valence-corrected chi connectivity index (χ4v) is 2.36. The second-order valence-corrected chi connectivity index (χ2v) is 5.06. The molecule has 0 radical (unpaired) electrons. The molecular weight excluding hydrogens is 268 g/mol. The summed E-state index contributed by atoms with van der Waals surface area (Å²) >= 11 is 0. The van der Waals surface area contributed by atoms with Crippen LogP contribution >= 0.6 is 0 Å². The molecule has 0 bridgehead atoms. The number of benzene rings is 1. The Labute approximate surface area is 123 Å². The van der Waals surface area contributed by atoms with Gasteiger partial charge in [0.1, 0.15) is 5.76 Å². The van der Waals surface area contributed by atoms with Gasteiger partial charge in [0.05, 0.1) is 25.3 Å². The van der Waals surface area contributed by atoms with E-state index in [1.165, 1.54) is 0 Å². The molecule has 0 unspecified atom stereocenters. The number of morpholine rings is 1. The van der Waals surface area contributed by atoms with Crippen molar-refractivity contribution in [2.45, 2.75) is 13.3 Å². The van der Waals surface area contributed by atoms with Gasteiger partial charge in [-0.25, -0.2) is 4.98 Å². The fourth-order valence-electron chi connectivity index (χ4n) is 2.36. The van der Waals surface area contributed by atoms with Crippen LogP contribution in [0.4, 0.5) is 0 Å². The van der Waals surface area contributed by atoms with Crippen LogP contribution in [-0.2, 0) is 16.0 Å². The van der Waals surface area contributed by atoms with Crippen molar-refractivity contribution in [2.24, 2.45) is 0 Å². The molecule has 1 fully saturated rings. The van der Waals surface area contributed by atoms with E-state index in [1.807, 2.05) is 42.2 Å². The molecule has 1 aliphatic heterocycles. The summed E-state index contributed by atoms with van der Waals surface area (Å²) in [5.74, 6) is 1.35. The van der Waals surface area contributed by atoms with Crippen LogP contribution in [0.1, 0.15) is 11.5 Å². The predicted octanol–water partition coefficient (Wildman–Crippen LogP) is 2.05. The number of carbonyl (C=O) groups is 1. The van der Waals surface area contributed by atoms with Gasteiger partial charge < -0.3 is 14.1 Å². The highest BCUT2D eigenvalue weighted by Crippen LogP contribution is 2.22. The summed E-state index contributed by atoms with van der Waals surface area (Å²) in [5.41, 5.74) is 1.64. The van der Waals surface area contributed by atoms with Crippen molar-refractivity contribution in [2.75, 3.05) is 26.3 Å². The Morgan fingerprint density at radius 1 is 1.24 bits per heavy atom. The minimum Gasteiger partial charge on any atom is -0.441 e. The van der Waals surface area contributed by atoms with Crippen LogP contribution in [-0.4, -0.2) is 42.1 Å². The van der Waals surface area contributed by atoms with E-state index in [-0.39, 0.29) is 12.3 Å². The van der Waals surface area contributed by atoms with Gasteiger partial charge in [0.15, 0.2) is 0 Å². The summed E-state index contributed by atoms with van der Waals surface area (Å²) in [6.07, 6.45) is 0.280. The lowest BCUT2D eigenvalue weighted by molar-refractivity contribution is -0.134. The molecule has 0 N–H and O–H groups in total. The SMILES string of the molecule is Cc1oc(-c2ccccc2)nc1CC(=O)N1CCOCC1. The van der Waals surface area contributed by atoms with Gasteiger partial charge in [0.2, 0.25) is 11.8 Å². The normalized spacial score (nSPS) is 15.2. The first-order valence-electron chi connectivity index (χ1n) is 7.11. The van der Waals surface area contributed by atoms with Crippen LogP contribution in [0.25, 0.3) is 11.5 Å². The summed E-state index contributed by atoms with van der Waals surface area (Å²) in [6.45, 7) is 4.38. The van der Waals surface area contributed by atoms with E-state index in [1.54, 1.807) is 0 Å². The van der Waals surface area contributed by atoms with E-state index in [4.69, 9.17) is 9.15 Å². The topological polar surface area (TPSA) is 55.6 Å². The summed E-state index contributed by atoms with van der Waals surface area (Å²) < 4.78 is 10.9. The van der Waals surface area contributed by atoms with Crippen molar-refractivity contribution >= 4 is 5.91 Å². The first-order valence-corrected chi connectivity index (χ1v) is 7.11. The highest BCUT2D eigenvalue weighted by atomic mass is 16.5. The van der Waals surface area contributed by atoms with E-state index in [2.05, 4.69) is 4.98 Å². The number of rotatable bonds is 3. The number of hydrogen-bond donors (Lipinski definition) is 0. The van der Waals surface area contributed by atoms with Gasteiger partial charge in [0.25, 0.3) is 0 Å². The smallest absolute Gasteiger partial charge is 0.228 e. The quantitative estimate of drug-likeness (QED) is 0.866. The molecule has 2 aromatic rings. The second kappa shape index (κ2) is 6.10. The van der Waals surface area contributed by atoms with Crippen LogP contribution in [0.3, 0.4) is 0 Å². The summed E-state index contributed by atoms with van der Waals surface area (Å²) in [6, 6.07) is 9.71. The molecule has 0 atom stereocenters. The molecule has 110 valence electrons. The van der Waals surface area contributed by atoms with Gasteiger partial charge in [-0.3, -0.25) is 4.79 Å². The second-order valence-electron chi connectivity index (χ2n) is 5.06. The molecule has 5 nitrogen and oxygen atoms in total. The zero-order valence-corrected chi connectivity index (χ0v) is 12.0. The van der Waals surface area contributed by atoms with Crippen LogP contribution in [0, 0.1) is 6.92 Å². The van der Waals surface area contributed by atoms with Crippen molar-refractivity contribution in [1.82, 2.24) is 9.88 Å². The zero-order valence-electron chi connectivity index (χ0n) is 12.0. The molecular formula is C16H18N2O3. The number of carbonyl (C=O) groups excluding carboxylic acids is 1. The van der Waals surface area contributed by atoms with Gasteiger partial charge in [-0.05, 0) is 19.1 Å². The van der Waals surface area contributed by atoms with E-state index in [9.17, 15) is 4.79 Å². The molecule has 0 aliphatic carbocycles. The molecule has 0 saturated carbocycles. The average Bonchev–Trinajstić information content (AvgIpc) is 2.90. The van der Waals surface area contributed by atoms with Crippen molar-refractivity contribution in [1.29, 1.82) is 0 Å². The number of aryl methyl sites for hydroxylation is 1. The molecule has 5 heteroatoms. The van der Waals surface area contributed by atoms with Crippen molar-refractivity contribution in [3.05, 3.63) is 41.8 Å². The standard InChI is InChI=1S/C16H18N2O3/c1-12-14(11-15(19)18-7-9-20-10-8-18)17-16(21-12)13-5-3-2-4-6-13/h2-6H,7-11H2,1H3. The maximum atomic E-state index is 12.3. The lowest BCUT2D eigenvalue weighted by Crippen LogP contribution is -2.41. The Balaban J connectivity index is 1.74. The Morgan fingerprint density at radius 3 is 2.67 bits per heavy atom. The van der Waals surface area contributed by atoms with Crippen molar-refractivity contribution in [3.63, 3.8) is 0 Å². The third-order valence-electron chi connectivity index (χ3n) is 3.60. The van der Waals surface area contributed by atoms with Crippen LogP contribution in [0.5, 0.6) is 0 Å². The maximum Gasteiger partial charge on any atom is 0.228 e. The summed E-state index contributed by atoms with van der Waals surface area (Å²) in [5, 5.41) is 0. The van der Waals surface area contributed by atoms with Crippen molar-refractivity contribution in [3.8, 4) is 11.5 Å². The monoisotopic (exact) mass is 286 g/mol. The van der Waals surface area contributed by atoms with Gasteiger partial charge >= 0.3 is 0 Å². The molecule has 1 amide bonds. The Bertz CT molecular complexity index is 616. The molecule has 2 heterocycles. The zero-order chi connectivity index (χ0) is 14.7. The number of hydrogen-bond acceptors (Lipinski definition) is 4. The van der Waals surface area contributed by atoms with Crippen molar-refractivity contribution < 1.29 is 13.9 Å². The molecule has 0 spiro atoms. The van der Waals surface area contributed by atoms with Crippen LogP contribution in [0.2, 0.25) is 0 Å². The highest BCUT2D eigenvalue weighted by Gasteiger charge is 2.20. The minimum atomic E-state index is 0.0781.